The molecule has 0 aromatic carbocycles. The number of hydrogen-bond acceptors (Lipinski definition) is 6. The second-order valence-electron chi connectivity index (χ2n) is 7.96. The van der Waals surface area contributed by atoms with Crippen LogP contribution in [0.1, 0.15) is 28.9 Å². The van der Waals surface area contributed by atoms with Gasteiger partial charge in [-0.05, 0) is 57.2 Å². The Morgan fingerprint density at radius 1 is 0.939 bits per heavy atom. The second-order valence-corrected chi connectivity index (χ2v) is 7.96. The molecule has 0 unspecified atom stereocenters. The molecule has 0 saturated heterocycles. The molecule has 3 N–H and O–H groups in total. The molecule has 6 aromatic heterocycles. The molecular formula is C24H21N6O3+. The number of aryl methyl sites for hydroxylation is 3. The molecule has 164 valence electrons. The van der Waals surface area contributed by atoms with Crippen LogP contribution in [0.4, 0.5) is 0 Å². The lowest BCUT2D eigenvalue weighted by molar-refractivity contribution is -0.554. The van der Waals surface area contributed by atoms with Gasteiger partial charge in [-0.25, -0.2) is 5.10 Å². The third-order valence-corrected chi connectivity index (χ3v) is 5.41. The van der Waals surface area contributed by atoms with Gasteiger partial charge in [-0.2, -0.15) is 0 Å². The van der Waals surface area contributed by atoms with Crippen LogP contribution in [0.3, 0.4) is 0 Å². The third-order valence-electron chi connectivity index (χ3n) is 5.41. The molecule has 0 spiro atoms. The van der Waals surface area contributed by atoms with Crippen LogP contribution in [-0.4, -0.2) is 19.7 Å². The van der Waals surface area contributed by atoms with Gasteiger partial charge in [-0.1, -0.05) is 9.50 Å². The minimum atomic E-state index is 0.449. The number of nitrogens with zero attached hydrogens (tertiary/aromatic N) is 4. The molecule has 0 aliphatic rings. The fraction of sp³-hybridized carbons (Fsp3) is 0.125. The Morgan fingerprint density at radius 3 is 2.30 bits per heavy atom. The normalized spacial score (nSPS) is 12.4. The summed E-state index contributed by atoms with van der Waals surface area (Å²) in [5, 5.41) is 8.10. The highest BCUT2D eigenvalue weighted by atomic mass is 16.3. The van der Waals surface area contributed by atoms with Crippen molar-refractivity contribution in [3.8, 4) is 22.9 Å². The van der Waals surface area contributed by atoms with Crippen molar-refractivity contribution in [2.75, 3.05) is 0 Å². The Kier molecular flexibility index (Phi) is 4.06. The SMILES string of the molecule is Cc1ccc(C(N)=Cc2nc3cc(-c4ccc(C)o4)[nH][n+]3c3cc(-c4ccc(C)o4)nn23)o1. The molecule has 0 fully saturated rings. The Morgan fingerprint density at radius 2 is 1.64 bits per heavy atom. The van der Waals surface area contributed by atoms with Gasteiger partial charge in [0.2, 0.25) is 0 Å². The van der Waals surface area contributed by atoms with Crippen molar-refractivity contribution < 1.29 is 17.8 Å². The lowest BCUT2D eigenvalue weighted by Crippen LogP contribution is -2.28. The quantitative estimate of drug-likeness (QED) is 0.394. The van der Waals surface area contributed by atoms with E-state index in [9.17, 15) is 0 Å². The Hall–Kier alpha value is -4.53. The fourth-order valence-corrected chi connectivity index (χ4v) is 3.82. The van der Waals surface area contributed by atoms with E-state index in [1.54, 1.807) is 10.6 Å². The topological polar surface area (TPSA) is 116 Å². The molecule has 9 nitrogen and oxygen atoms in total. The van der Waals surface area contributed by atoms with Crippen molar-refractivity contribution in [1.29, 1.82) is 0 Å². The van der Waals surface area contributed by atoms with Crippen LogP contribution in [0.2, 0.25) is 0 Å². The van der Waals surface area contributed by atoms with E-state index < -0.39 is 0 Å². The zero-order valence-corrected chi connectivity index (χ0v) is 18.3. The first-order chi connectivity index (χ1) is 15.9. The third kappa shape index (κ3) is 3.21. The van der Waals surface area contributed by atoms with Gasteiger partial charge in [0.15, 0.2) is 11.5 Å². The Bertz CT molecular complexity index is 1670. The van der Waals surface area contributed by atoms with E-state index in [2.05, 4.69) is 5.10 Å². The van der Waals surface area contributed by atoms with Crippen LogP contribution in [-0.2, 0) is 0 Å². The molecule has 0 aliphatic carbocycles. The predicted octanol–water partition coefficient (Wildman–Crippen LogP) is 4.29. The molecular weight excluding hydrogens is 420 g/mol. The summed E-state index contributed by atoms with van der Waals surface area (Å²) >= 11 is 0. The first-order valence-corrected chi connectivity index (χ1v) is 10.5. The van der Waals surface area contributed by atoms with Crippen LogP contribution in [0.5, 0.6) is 0 Å². The molecule has 6 rings (SSSR count). The average molecular weight is 441 g/mol. The molecule has 0 aliphatic heterocycles. The van der Waals surface area contributed by atoms with E-state index in [4.69, 9.17) is 29.1 Å². The number of nitrogens with two attached hydrogens (primary N) is 1. The van der Waals surface area contributed by atoms with Crippen LogP contribution < -0.4 is 10.2 Å². The summed E-state index contributed by atoms with van der Waals surface area (Å²) < 4.78 is 20.8. The van der Waals surface area contributed by atoms with Crippen molar-refractivity contribution in [3.63, 3.8) is 0 Å². The zero-order chi connectivity index (χ0) is 22.7. The molecule has 9 heteroatoms. The summed E-state index contributed by atoms with van der Waals surface area (Å²) in [5.41, 5.74) is 9.70. The summed E-state index contributed by atoms with van der Waals surface area (Å²) in [4.78, 5) is 4.80. The first kappa shape index (κ1) is 19.2. The molecule has 6 heterocycles. The van der Waals surface area contributed by atoms with Crippen molar-refractivity contribution in [3.05, 3.63) is 77.4 Å². The van der Waals surface area contributed by atoms with Gasteiger partial charge in [-0.15, -0.1) is 9.61 Å². The summed E-state index contributed by atoms with van der Waals surface area (Å²) in [6.07, 6.45) is 1.75. The number of rotatable bonds is 4. The van der Waals surface area contributed by atoms with Crippen LogP contribution >= 0.6 is 0 Å². The van der Waals surface area contributed by atoms with Crippen LogP contribution in [0, 0.1) is 20.8 Å². The average Bonchev–Trinajstić information content (AvgIpc) is 3.57. The molecule has 0 bridgehead atoms. The number of aromatic amines is 1. The van der Waals surface area contributed by atoms with Gasteiger partial charge >= 0.3 is 0 Å². The number of H-pyrrole nitrogens is 1. The zero-order valence-electron chi connectivity index (χ0n) is 18.3. The summed E-state index contributed by atoms with van der Waals surface area (Å²) in [6, 6.07) is 15.2. The van der Waals surface area contributed by atoms with E-state index in [0.717, 1.165) is 34.4 Å². The number of aromatic nitrogens is 5. The van der Waals surface area contributed by atoms with Crippen molar-refractivity contribution in [2.24, 2.45) is 5.73 Å². The van der Waals surface area contributed by atoms with Crippen LogP contribution in [0.25, 0.3) is 46.0 Å². The summed E-state index contributed by atoms with van der Waals surface area (Å²) in [6.45, 7) is 5.68. The number of nitrogens with one attached hydrogen (secondary N) is 1. The highest BCUT2D eigenvalue weighted by molar-refractivity contribution is 5.76. The van der Waals surface area contributed by atoms with Gasteiger partial charge in [0.05, 0.1) is 5.70 Å². The van der Waals surface area contributed by atoms with Gasteiger partial charge in [0.1, 0.15) is 34.4 Å². The van der Waals surface area contributed by atoms with Gasteiger partial charge in [-0.3, -0.25) is 0 Å². The summed E-state index contributed by atoms with van der Waals surface area (Å²) in [5.74, 6) is 4.94. The fourth-order valence-electron chi connectivity index (χ4n) is 3.82. The van der Waals surface area contributed by atoms with E-state index >= 15 is 0 Å². The molecule has 0 radical (unpaired) electrons. The van der Waals surface area contributed by atoms with Gasteiger partial charge < -0.3 is 19.0 Å². The maximum atomic E-state index is 6.33. The molecule has 6 aromatic rings. The molecule has 0 atom stereocenters. The number of fused-ring (bicyclic) bond motifs is 3. The number of furan rings is 3. The van der Waals surface area contributed by atoms with Crippen molar-refractivity contribution >= 4 is 23.1 Å². The van der Waals surface area contributed by atoms with E-state index in [1.807, 2.05) is 73.8 Å². The number of hydrogen-bond donors (Lipinski definition) is 2. The predicted molar refractivity (Wildman–Crippen MR) is 121 cm³/mol. The Labute approximate surface area is 187 Å². The highest BCUT2D eigenvalue weighted by Gasteiger charge is 2.24. The highest BCUT2D eigenvalue weighted by Crippen LogP contribution is 2.25. The van der Waals surface area contributed by atoms with Gasteiger partial charge in [0, 0.05) is 18.2 Å². The lowest BCUT2D eigenvalue weighted by Gasteiger charge is -1.97. The van der Waals surface area contributed by atoms with Gasteiger partial charge in [0.25, 0.3) is 17.1 Å². The minimum absolute atomic E-state index is 0.449. The maximum Gasteiger partial charge on any atom is 0.293 e. The van der Waals surface area contributed by atoms with E-state index in [-0.39, 0.29) is 0 Å². The second kappa shape index (κ2) is 6.99. The van der Waals surface area contributed by atoms with Crippen LogP contribution in [0.15, 0.2) is 61.8 Å². The molecule has 0 amide bonds. The molecule has 0 saturated carbocycles. The summed E-state index contributed by atoms with van der Waals surface area (Å²) in [7, 11) is 0. The van der Waals surface area contributed by atoms with E-state index in [1.165, 1.54) is 0 Å². The maximum absolute atomic E-state index is 6.33. The van der Waals surface area contributed by atoms with E-state index in [0.29, 0.717) is 34.4 Å². The smallest absolute Gasteiger partial charge is 0.293 e. The first-order valence-electron chi connectivity index (χ1n) is 10.5. The van der Waals surface area contributed by atoms with Crippen molar-refractivity contribution in [2.45, 2.75) is 20.8 Å². The standard InChI is InChI=1S/C24H20N6O3/c1-13-4-7-19(31-13)16(25)10-22-26-23-11-17(20-8-5-14(2)32-20)27-30(23)24-12-18(28-29(22)24)21-9-6-15(3)33-21/h4-12H,1-3H3,(H2,25,26,27)/p+1. The Balaban J connectivity index is 1.59. The monoisotopic (exact) mass is 441 g/mol. The molecule has 33 heavy (non-hydrogen) atoms. The minimum Gasteiger partial charge on any atom is -0.460 e. The van der Waals surface area contributed by atoms with Crippen molar-refractivity contribution in [1.82, 2.24) is 19.7 Å². The largest absolute Gasteiger partial charge is 0.460 e. The lowest BCUT2D eigenvalue weighted by atomic mass is 10.3.